The number of aryl methyl sites for hydroxylation is 1. The third-order valence-corrected chi connectivity index (χ3v) is 3.57. The normalized spacial score (nSPS) is 10.9. The van der Waals surface area contributed by atoms with Gasteiger partial charge in [0.15, 0.2) is 0 Å². The highest BCUT2D eigenvalue weighted by Crippen LogP contribution is 2.31. The van der Waals surface area contributed by atoms with Crippen molar-refractivity contribution >= 4 is 21.6 Å². The minimum Gasteiger partial charge on any atom is -0.230 e. The van der Waals surface area contributed by atoms with Gasteiger partial charge in [-0.1, -0.05) is 37.3 Å². The maximum atomic E-state index is 4.52. The Kier molecular flexibility index (Phi) is 2.61. The van der Waals surface area contributed by atoms with Crippen LogP contribution in [0.5, 0.6) is 0 Å². The molecule has 0 aliphatic rings. The minimum absolute atomic E-state index is 0.852. The number of nitrogens with zero attached hydrogens (tertiary/aromatic N) is 2. The van der Waals surface area contributed by atoms with Crippen molar-refractivity contribution in [2.45, 2.75) is 13.3 Å². The van der Waals surface area contributed by atoms with Crippen molar-refractivity contribution in [1.82, 2.24) is 9.97 Å². The molecule has 0 atom stereocenters. The van der Waals surface area contributed by atoms with Gasteiger partial charge in [-0.15, -0.1) is 11.3 Å². The first-order valence-corrected chi connectivity index (χ1v) is 6.47. The van der Waals surface area contributed by atoms with Gasteiger partial charge in [0.2, 0.25) is 0 Å². The summed E-state index contributed by atoms with van der Waals surface area (Å²) in [5, 5.41) is 3.16. The smallest absolute Gasteiger partial charge is 0.130 e. The van der Waals surface area contributed by atoms with Crippen LogP contribution in [-0.2, 0) is 6.42 Å². The standard InChI is InChI=1S/C14H11N2S/c1-2-13-15-8-11-12(9-17-14(11)16-13)10-6-4-3-5-7-10/h3-7,9H,2H2,1H3. The maximum Gasteiger partial charge on any atom is 0.130 e. The van der Waals surface area contributed by atoms with Crippen LogP contribution in [0.15, 0.2) is 35.7 Å². The zero-order chi connectivity index (χ0) is 11.7. The number of rotatable bonds is 2. The molecule has 0 N–H and O–H groups in total. The van der Waals surface area contributed by atoms with Crippen molar-refractivity contribution in [2.24, 2.45) is 0 Å². The molecule has 0 aliphatic heterocycles. The Morgan fingerprint density at radius 2 is 2.06 bits per heavy atom. The highest BCUT2D eigenvalue weighted by Gasteiger charge is 2.08. The Bertz CT molecular complexity index is 644. The molecule has 3 aromatic rings. The van der Waals surface area contributed by atoms with E-state index in [9.17, 15) is 0 Å². The minimum atomic E-state index is 0.852. The topological polar surface area (TPSA) is 25.8 Å². The van der Waals surface area contributed by atoms with Crippen LogP contribution in [-0.4, -0.2) is 9.97 Å². The lowest BCUT2D eigenvalue weighted by Gasteiger charge is -1.99. The van der Waals surface area contributed by atoms with Crippen molar-refractivity contribution < 1.29 is 0 Å². The molecular weight excluding hydrogens is 228 g/mol. The molecule has 0 aliphatic carbocycles. The lowest BCUT2D eigenvalue weighted by Crippen LogP contribution is -1.90. The quantitative estimate of drug-likeness (QED) is 0.681. The second-order valence-electron chi connectivity index (χ2n) is 3.80. The number of hydrogen-bond acceptors (Lipinski definition) is 3. The Labute approximate surface area is 104 Å². The van der Waals surface area contributed by atoms with Gasteiger partial charge in [0.05, 0.1) is 0 Å². The van der Waals surface area contributed by atoms with Crippen LogP contribution in [0.1, 0.15) is 12.7 Å². The molecule has 0 amide bonds. The summed E-state index contributed by atoms with van der Waals surface area (Å²) in [5.74, 6) is 0.860. The number of benzene rings is 1. The van der Waals surface area contributed by atoms with Crippen LogP contribution >= 0.6 is 11.3 Å². The SMILES string of the molecule is CCc1n[c]c2c(-c3ccccc3)csc2n1. The second kappa shape index (κ2) is 4.26. The summed E-state index contributed by atoms with van der Waals surface area (Å²) in [5.41, 5.74) is 2.37. The van der Waals surface area contributed by atoms with Gasteiger partial charge in [-0.05, 0) is 5.56 Å². The molecule has 1 radical (unpaired) electrons. The van der Waals surface area contributed by atoms with Gasteiger partial charge in [-0.25, -0.2) is 9.97 Å². The van der Waals surface area contributed by atoms with E-state index in [1.54, 1.807) is 11.3 Å². The third-order valence-electron chi connectivity index (χ3n) is 2.70. The Balaban J connectivity index is 2.19. The molecule has 3 rings (SSSR count). The van der Waals surface area contributed by atoms with Crippen molar-refractivity contribution in [3.8, 4) is 11.1 Å². The fourth-order valence-corrected chi connectivity index (χ4v) is 2.70. The Morgan fingerprint density at radius 1 is 1.24 bits per heavy atom. The Hall–Kier alpha value is -1.74. The van der Waals surface area contributed by atoms with Crippen molar-refractivity contribution in [2.75, 3.05) is 0 Å². The molecule has 0 saturated carbocycles. The molecule has 0 unspecified atom stereocenters. The van der Waals surface area contributed by atoms with Gasteiger partial charge in [0.1, 0.15) is 16.9 Å². The van der Waals surface area contributed by atoms with Crippen molar-refractivity contribution in [3.63, 3.8) is 0 Å². The first-order chi connectivity index (χ1) is 8.38. The molecule has 2 nitrogen and oxygen atoms in total. The summed E-state index contributed by atoms with van der Waals surface area (Å²) in [6.45, 7) is 2.06. The number of thiophene rings is 1. The van der Waals surface area contributed by atoms with Crippen LogP contribution in [0, 0.1) is 6.20 Å². The molecule has 0 saturated heterocycles. The van der Waals surface area contributed by atoms with E-state index < -0.39 is 0 Å². The Morgan fingerprint density at radius 3 is 2.82 bits per heavy atom. The molecule has 17 heavy (non-hydrogen) atoms. The first kappa shape index (κ1) is 10.4. The molecule has 0 spiro atoms. The average Bonchev–Trinajstić information content (AvgIpc) is 2.82. The number of fused-ring (bicyclic) bond motifs is 1. The summed E-state index contributed by atoms with van der Waals surface area (Å²) in [6, 6.07) is 10.3. The van der Waals surface area contributed by atoms with E-state index in [-0.39, 0.29) is 0 Å². The summed E-state index contributed by atoms with van der Waals surface area (Å²) in [6.07, 6.45) is 3.97. The highest BCUT2D eigenvalue weighted by atomic mass is 32.1. The van der Waals surface area contributed by atoms with E-state index in [4.69, 9.17) is 0 Å². The van der Waals surface area contributed by atoms with Crippen molar-refractivity contribution in [1.29, 1.82) is 0 Å². The van der Waals surface area contributed by atoms with Gasteiger partial charge >= 0.3 is 0 Å². The average molecular weight is 239 g/mol. The van der Waals surface area contributed by atoms with Gasteiger partial charge in [0, 0.05) is 22.8 Å². The number of hydrogen-bond donors (Lipinski definition) is 0. The van der Waals surface area contributed by atoms with E-state index in [0.29, 0.717) is 0 Å². The predicted molar refractivity (Wildman–Crippen MR) is 71.1 cm³/mol. The van der Waals surface area contributed by atoms with E-state index >= 15 is 0 Å². The molecule has 2 heterocycles. The van der Waals surface area contributed by atoms with Crippen molar-refractivity contribution in [3.05, 3.63) is 47.7 Å². The zero-order valence-electron chi connectivity index (χ0n) is 9.47. The summed E-state index contributed by atoms with van der Waals surface area (Å²) < 4.78 is 0. The fourth-order valence-electron chi connectivity index (χ4n) is 1.79. The van der Waals surface area contributed by atoms with Gasteiger partial charge < -0.3 is 0 Å². The molecule has 2 aromatic heterocycles. The zero-order valence-corrected chi connectivity index (χ0v) is 10.3. The first-order valence-electron chi connectivity index (χ1n) is 5.59. The summed E-state index contributed by atoms with van der Waals surface area (Å²) in [4.78, 5) is 9.79. The highest BCUT2D eigenvalue weighted by molar-refractivity contribution is 7.17. The molecule has 83 valence electrons. The predicted octanol–water partition coefficient (Wildman–Crippen LogP) is 3.72. The summed E-state index contributed by atoms with van der Waals surface area (Å²) in [7, 11) is 0. The van der Waals surface area contributed by atoms with Gasteiger partial charge in [-0.3, -0.25) is 0 Å². The molecule has 1 aromatic carbocycles. The van der Waals surface area contributed by atoms with E-state index in [2.05, 4.69) is 40.6 Å². The fraction of sp³-hybridized carbons (Fsp3) is 0.143. The molecular formula is C14H11N2S. The molecule has 0 fully saturated rings. The summed E-state index contributed by atoms with van der Waals surface area (Å²) >= 11 is 1.66. The van der Waals surface area contributed by atoms with Gasteiger partial charge in [-0.2, -0.15) is 0 Å². The monoisotopic (exact) mass is 239 g/mol. The molecule has 0 bridgehead atoms. The largest absolute Gasteiger partial charge is 0.230 e. The van der Waals surface area contributed by atoms with E-state index in [1.807, 2.05) is 18.2 Å². The lowest BCUT2D eigenvalue weighted by molar-refractivity contribution is 0.961. The van der Waals surface area contributed by atoms with Crippen LogP contribution in [0.4, 0.5) is 0 Å². The third kappa shape index (κ3) is 1.83. The number of aromatic nitrogens is 2. The lowest BCUT2D eigenvalue weighted by atomic mass is 10.1. The molecule has 3 heteroatoms. The van der Waals surface area contributed by atoms with E-state index in [1.165, 1.54) is 11.1 Å². The van der Waals surface area contributed by atoms with Crippen LogP contribution < -0.4 is 0 Å². The van der Waals surface area contributed by atoms with Crippen LogP contribution in [0.3, 0.4) is 0 Å². The van der Waals surface area contributed by atoms with Crippen LogP contribution in [0.2, 0.25) is 0 Å². The second-order valence-corrected chi connectivity index (χ2v) is 4.66. The van der Waals surface area contributed by atoms with E-state index in [0.717, 1.165) is 22.5 Å². The van der Waals surface area contributed by atoms with Crippen LogP contribution in [0.25, 0.3) is 21.3 Å². The van der Waals surface area contributed by atoms with Gasteiger partial charge in [0.25, 0.3) is 0 Å². The maximum absolute atomic E-state index is 4.52.